The molecular formula is C15H17N3O3. The summed E-state index contributed by atoms with van der Waals surface area (Å²) in [5, 5.41) is 5.54. The van der Waals surface area contributed by atoms with Crippen molar-refractivity contribution in [3.05, 3.63) is 29.3 Å². The third-order valence-electron chi connectivity index (χ3n) is 3.95. The molecule has 1 fully saturated rings. The second kappa shape index (κ2) is 5.20. The maximum atomic E-state index is 12.5. The second-order valence-corrected chi connectivity index (χ2v) is 5.26. The highest BCUT2D eigenvalue weighted by atomic mass is 16.2. The molecule has 0 saturated carbocycles. The van der Waals surface area contributed by atoms with Gasteiger partial charge in [-0.2, -0.15) is 0 Å². The monoisotopic (exact) mass is 287 g/mol. The first-order valence-electron chi connectivity index (χ1n) is 7.12. The van der Waals surface area contributed by atoms with Gasteiger partial charge >= 0.3 is 0 Å². The number of rotatable bonds is 3. The summed E-state index contributed by atoms with van der Waals surface area (Å²) in [5.74, 6) is -0.787. The van der Waals surface area contributed by atoms with Crippen LogP contribution in [-0.2, 0) is 16.1 Å². The van der Waals surface area contributed by atoms with Crippen LogP contribution in [0.15, 0.2) is 18.2 Å². The summed E-state index contributed by atoms with van der Waals surface area (Å²) in [7, 11) is 0. The summed E-state index contributed by atoms with van der Waals surface area (Å²) >= 11 is 0. The highest BCUT2D eigenvalue weighted by Gasteiger charge is 2.39. The lowest BCUT2D eigenvalue weighted by atomic mass is 10.0. The molecule has 6 nitrogen and oxygen atoms in total. The molecule has 2 heterocycles. The Bertz CT molecular complexity index is 627. The third-order valence-corrected chi connectivity index (χ3v) is 3.95. The van der Waals surface area contributed by atoms with Gasteiger partial charge in [0.1, 0.15) is 6.04 Å². The molecule has 110 valence electrons. The molecule has 2 aliphatic rings. The van der Waals surface area contributed by atoms with Crippen molar-refractivity contribution in [2.75, 3.05) is 11.9 Å². The van der Waals surface area contributed by atoms with Crippen LogP contribution in [0.4, 0.5) is 5.69 Å². The van der Waals surface area contributed by atoms with Gasteiger partial charge in [-0.05, 0) is 25.5 Å². The summed E-state index contributed by atoms with van der Waals surface area (Å²) in [6.07, 6.45) is 0.664. The van der Waals surface area contributed by atoms with Gasteiger partial charge in [0.25, 0.3) is 5.91 Å². The molecule has 21 heavy (non-hydrogen) atoms. The van der Waals surface area contributed by atoms with Gasteiger partial charge in [-0.25, -0.2) is 0 Å². The smallest absolute Gasteiger partial charge is 0.255 e. The largest absolute Gasteiger partial charge is 0.385 e. The summed E-state index contributed by atoms with van der Waals surface area (Å²) in [6, 6.07) is 4.99. The van der Waals surface area contributed by atoms with E-state index in [-0.39, 0.29) is 24.1 Å². The number of fused-ring (bicyclic) bond motifs is 1. The minimum atomic E-state index is -0.558. The fraction of sp³-hybridized carbons (Fsp3) is 0.400. The zero-order valence-electron chi connectivity index (χ0n) is 11.8. The van der Waals surface area contributed by atoms with Gasteiger partial charge in [0.2, 0.25) is 11.8 Å². The van der Waals surface area contributed by atoms with Crippen molar-refractivity contribution in [1.29, 1.82) is 0 Å². The Balaban J connectivity index is 1.88. The molecule has 1 saturated heterocycles. The van der Waals surface area contributed by atoms with E-state index in [1.807, 2.05) is 19.1 Å². The quantitative estimate of drug-likeness (QED) is 0.809. The highest BCUT2D eigenvalue weighted by Crippen LogP contribution is 2.32. The Morgan fingerprint density at radius 3 is 2.86 bits per heavy atom. The van der Waals surface area contributed by atoms with E-state index in [1.54, 1.807) is 11.0 Å². The molecule has 0 aliphatic carbocycles. The molecule has 3 rings (SSSR count). The summed E-state index contributed by atoms with van der Waals surface area (Å²) < 4.78 is 0. The van der Waals surface area contributed by atoms with Crippen LogP contribution in [0.25, 0.3) is 0 Å². The number of anilines is 1. The van der Waals surface area contributed by atoms with Crippen LogP contribution in [0.2, 0.25) is 0 Å². The molecule has 3 amide bonds. The van der Waals surface area contributed by atoms with Crippen molar-refractivity contribution < 1.29 is 14.4 Å². The van der Waals surface area contributed by atoms with Crippen LogP contribution >= 0.6 is 0 Å². The first-order chi connectivity index (χ1) is 10.1. The van der Waals surface area contributed by atoms with Crippen LogP contribution in [0.3, 0.4) is 0 Å². The number of hydrogen-bond acceptors (Lipinski definition) is 4. The second-order valence-electron chi connectivity index (χ2n) is 5.26. The predicted octanol–water partition coefficient (Wildman–Crippen LogP) is 0.879. The summed E-state index contributed by atoms with van der Waals surface area (Å²) in [4.78, 5) is 37.3. The van der Waals surface area contributed by atoms with E-state index < -0.39 is 6.04 Å². The Hall–Kier alpha value is -2.37. The van der Waals surface area contributed by atoms with Gasteiger partial charge in [0.15, 0.2) is 0 Å². The summed E-state index contributed by atoms with van der Waals surface area (Å²) in [5.41, 5.74) is 2.49. The molecule has 2 N–H and O–H groups in total. The van der Waals surface area contributed by atoms with Gasteiger partial charge in [-0.3, -0.25) is 19.7 Å². The Morgan fingerprint density at radius 1 is 1.33 bits per heavy atom. The molecule has 1 atom stereocenters. The predicted molar refractivity (Wildman–Crippen MR) is 76.7 cm³/mol. The molecular weight excluding hydrogens is 270 g/mol. The molecule has 0 bridgehead atoms. The van der Waals surface area contributed by atoms with Gasteiger partial charge in [0.05, 0.1) is 0 Å². The number of hydrogen-bond donors (Lipinski definition) is 2. The first-order valence-corrected chi connectivity index (χ1v) is 7.12. The van der Waals surface area contributed by atoms with Crippen molar-refractivity contribution >= 4 is 23.4 Å². The van der Waals surface area contributed by atoms with Crippen molar-refractivity contribution in [1.82, 2.24) is 10.2 Å². The van der Waals surface area contributed by atoms with E-state index in [0.29, 0.717) is 18.5 Å². The van der Waals surface area contributed by atoms with Crippen LogP contribution in [0, 0.1) is 0 Å². The van der Waals surface area contributed by atoms with Crippen molar-refractivity contribution in [2.24, 2.45) is 0 Å². The number of nitrogens with zero attached hydrogens (tertiary/aromatic N) is 1. The average Bonchev–Trinajstić information content (AvgIpc) is 2.78. The average molecular weight is 287 g/mol. The van der Waals surface area contributed by atoms with E-state index in [2.05, 4.69) is 10.6 Å². The van der Waals surface area contributed by atoms with Crippen LogP contribution < -0.4 is 10.6 Å². The minimum absolute atomic E-state index is 0.140. The highest BCUT2D eigenvalue weighted by molar-refractivity contribution is 6.06. The minimum Gasteiger partial charge on any atom is -0.385 e. The lowest BCUT2D eigenvalue weighted by molar-refractivity contribution is -0.136. The maximum Gasteiger partial charge on any atom is 0.255 e. The summed E-state index contributed by atoms with van der Waals surface area (Å²) in [6.45, 7) is 3.17. The van der Waals surface area contributed by atoms with E-state index in [0.717, 1.165) is 17.8 Å². The van der Waals surface area contributed by atoms with E-state index >= 15 is 0 Å². The van der Waals surface area contributed by atoms with Crippen molar-refractivity contribution in [3.8, 4) is 0 Å². The van der Waals surface area contributed by atoms with Gasteiger partial charge in [0, 0.05) is 36.3 Å². The van der Waals surface area contributed by atoms with E-state index in [4.69, 9.17) is 0 Å². The van der Waals surface area contributed by atoms with Crippen LogP contribution in [-0.4, -0.2) is 35.2 Å². The Kier molecular flexibility index (Phi) is 3.37. The number of nitrogens with one attached hydrogen (secondary N) is 2. The normalized spacial score (nSPS) is 21.3. The lowest BCUT2D eigenvalue weighted by Crippen LogP contribution is -2.52. The van der Waals surface area contributed by atoms with E-state index in [1.165, 1.54) is 0 Å². The standard InChI is InChI=1S/C15H17N3O3/c1-2-16-11-5-3-4-9-10(11)8-18(15(9)21)12-6-7-13(19)17-14(12)20/h3-5,12,16H,2,6-8H2,1H3,(H,17,19,20)/t12-/m1/s1. The molecule has 2 aliphatic heterocycles. The van der Waals surface area contributed by atoms with Gasteiger partial charge in [-0.15, -0.1) is 0 Å². The number of carbonyl (C=O) groups is 3. The zero-order valence-corrected chi connectivity index (χ0v) is 11.8. The van der Waals surface area contributed by atoms with Crippen molar-refractivity contribution in [3.63, 3.8) is 0 Å². The molecule has 1 aromatic carbocycles. The van der Waals surface area contributed by atoms with Crippen LogP contribution in [0.5, 0.6) is 0 Å². The number of amides is 3. The Labute approximate surface area is 122 Å². The first kappa shape index (κ1) is 13.6. The SMILES string of the molecule is CCNc1cccc2c1CN([C@@H]1CCC(=O)NC1=O)C2=O. The number of piperidine rings is 1. The molecule has 0 spiro atoms. The Morgan fingerprint density at radius 2 is 2.14 bits per heavy atom. The number of carbonyl (C=O) groups excluding carboxylic acids is 3. The fourth-order valence-corrected chi connectivity index (χ4v) is 2.94. The molecule has 1 aromatic rings. The number of benzene rings is 1. The fourth-order valence-electron chi connectivity index (χ4n) is 2.94. The topological polar surface area (TPSA) is 78.5 Å². The van der Waals surface area contributed by atoms with Gasteiger partial charge in [-0.1, -0.05) is 6.07 Å². The van der Waals surface area contributed by atoms with Gasteiger partial charge < -0.3 is 10.2 Å². The van der Waals surface area contributed by atoms with E-state index in [9.17, 15) is 14.4 Å². The maximum absolute atomic E-state index is 12.5. The molecule has 0 radical (unpaired) electrons. The lowest BCUT2D eigenvalue weighted by Gasteiger charge is -2.29. The molecule has 6 heteroatoms. The molecule has 0 aromatic heterocycles. The van der Waals surface area contributed by atoms with Crippen LogP contribution in [0.1, 0.15) is 35.7 Å². The zero-order chi connectivity index (χ0) is 15.0. The van der Waals surface area contributed by atoms with Crippen molar-refractivity contribution in [2.45, 2.75) is 32.4 Å². The third kappa shape index (κ3) is 2.26. The molecule has 0 unspecified atom stereocenters. The number of imide groups is 1.